The fourth-order valence-electron chi connectivity index (χ4n) is 3.71. The monoisotopic (exact) mass is 442 g/mol. The maximum absolute atomic E-state index is 12.4. The molecule has 3 N–H and O–H groups in total. The second-order valence-electron chi connectivity index (χ2n) is 7.25. The first-order chi connectivity index (χ1) is 15.9. The lowest BCUT2D eigenvalue weighted by atomic mass is 10.0. The Morgan fingerprint density at radius 3 is 2.00 bits per heavy atom. The fourth-order valence-corrected chi connectivity index (χ4v) is 3.71. The maximum Gasteiger partial charge on any atom is 0.335 e. The Kier molecular flexibility index (Phi) is 4.64. The number of carboxylic acids is 1. The van der Waals surface area contributed by atoms with Gasteiger partial charge in [-0.2, -0.15) is 0 Å². The summed E-state index contributed by atoms with van der Waals surface area (Å²) < 4.78 is 10.6. The summed E-state index contributed by atoms with van der Waals surface area (Å²) in [5, 5.41) is 14.6. The number of carboxylic acid groups (broad SMARTS) is 1. The van der Waals surface area contributed by atoms with Gasteiger partial charge in [-0.05, 0) is 60.7 Å². The molecule has 0 fully saturated rings. The molecule has 9 heteroatoms. The lowest BCUT2D eigenvalue weighted by Crippen LogP contribution is -2.03. The maximum atomic E-state index is 12.4. The lowest BCUT2D eigenvalue weighted by molar-refractivity contribution is -0.120. The van der Waals surface area contributed by atoms with Crippen molar-refractivity contribution in [3.05, 3.63) is 76.7 Å². The number of hydrogen-bond donors (Lipinski definition) is 3. The number of amides is 2. The van der Waals surface area contributed by atoms with E-state index in [1.165, 1.54) is 24.3 Å². The van der Waals surface area contributed by atoms with Crippen molar-refractivity contribution in [1.82, 2.24) is 0 Å². The average molecular weight is 442 g/mol. The third kappa shape index (κ3) is 3.57. The molecule has 0 saturated carbocycles. The van der Waals surface area contributed by atoms with Crippen LogP contribution < -0.4 is 15.4 Å². The first-order valence-electron chi connectivity index (χ1n) is 9.71. The van der Waals surface area contributed by atoms with Crippen molar-refractivity contribution in [2.45, 2.75) is 0 Å². The number of carbonyl (C=O) groups is 4. The summed E-state index contributed by atoms with van der Waals surface area (Å²) in [6.07, 6.45) is 3.05. The number of carbonyl (C=O) groups excluding carboxylic acids is 3. The van der Waals surface area contributed by atoms with E-state index < -0.39 is 5.97 Å². The number of anilines is 2. The predicted molar refractivity (Wildman–Crippen MR) is 118 cm³/mol. The molecule has 0 unspecified atom stereocenters. The minimum absolute atomic E-state index is 0.0601. The SMILES string of the molecule is O=COc1ccc2c(c1)/C(=C\c1ccc(/C=C3/C(=O)Nc4ccc(C(=O)O)cc43)o1)C(=O)N2. The molecular weight excluding hydrogens is 428 g/mol. The van der Waals surface area contributed by atoms with E-state index in [2.05, 4.69) is 10.6 Å². The Hall–Kier alpha value is -4.92. The third-order valence-electron chi connectivity index (χ3n) is 5.23. The summed E-state index contributed by atoms with van der Waals surface area (Å²) in [5.74, 6) is -0.815. The van der Waals surface area contributed by atoms with Crippen LogP contribution >= 0.6 is 0 Å². The van der Waals surface area contributed by atoms with Gasteiger partial charge in [0.2, 0.25) is 0 Å². The molecule has 2 aliphatic rings. The van der Waals surface area contributed by atoms with Gasteiger partial charge in [0.1, 0.15) is 17.3 Å². The first-order valence-corrected chi connectivity index (χ1v) is 9.71. The number of nitrogens with one attached hydrogen (secondary N) is 2. The zero-order valence-corrected chi connectivity index (χ0v) is 16.7. The van der Waals surface area contributed by atoms with E-state index in [9.17, 15) is 24.3 Å². The average Bonchev–Trinajstić information content (AvgIpc) is 3.45. The topological polar surface area (TPSA) is 135 Å². The quantitative estimate of drug-likeness (QED) is 0.407. The van der Waals surface area contributed by atoms with Crippen LogP contribution in [0.1, 0.15) is 33.0 Å². The van der Waals surface area contributed by atoms with E-state index in [1.807, 2.05) is 0 Å². The molecule has 0 saturated heterocycles. The van der Waals surface area contributed by atoms with Gasteiger partial charge in [-0.1, -0.05) is 0 Å². The Morgan fingerprint density at radius 2 is 1.42 bits per heavy atom. The van der Waals surface area contributed by atoms with E-state index in [0.717, 1.165) is 0 Å². The van der Waals surface area contributed by atoms with Crippen LogP contribution in [-0.4, -0.2) is 29.4 Å². The standard InChI is InChI=1S/C24H14N2O7/c27-11-32-13-4-6-21-17(8-13)19(23(29)26-21)10-15-3-2-14(33-15)9-18-16-7-12(24(30)31)1-5-20(16)25-22(18)28/h1-11H,(H,25,28)(H,26,29)(H,30,31)/b18-9+,19-10+. The number of hydrogen-bond acceptors (Lipinski definition) is 6. The van der Waals surface area contributed by atoms with Crippen molar-refractivity contribution in [3.63, 3.8) is 0 Å². The highest BCUT2D eigenvalue weighted by atomic mass is 16.5. The van der Waals surface area contributed by atoms with Crippen molar-refractivity contribution >= 4 is 58.9 Å². The van der Waals surface area contributed by atoms with Gasteiger partial charge in [0.15, 0.2) is 0 Å². The van der Waals surface area contributed by atoms with Crippen molar-refractivity contribution in [2.24, 2.45) is 0 Å². The molecule has 0 bridgehead atoms. The third-order valence-corrected chi connectivity index (χ3v) is 5.23. The molecule has 3 aromatic rings. The molecule has 0 aliphatic carbocycles. The van der Waals surface area contributed by atoms with Gasteiger partial charge in [-0.3, -0.25) is 14.4 Å². The van der Waals surface area contributed by atoms with Crippen LogP contribution in [-0.2, 0) is 14.4 Å². The Bertz CT molecular complexity index is 1430. The summed E-state index contributed by atoms with van der Waals surface area (Å²) in [4.78, 5) is 46.7. The molecule has 9 nitrogen and oxygen atoms in total. The highest BCUT2D eigenvalue weighted by Gasteiger charge is 2.27. The molecule has 33 heavy (non-hydrogen) atoms. The molecule has 5 rings (SSSR count). The smallest absolute Gasteiger partial charge is 0.335 e. The number of ether oxygens (including phenoxy) is 1. The van der Waals surface area contributed by atoms with Crippen LogP contribution in [0.25, 0.3) is 23.3 Å². The van der Waals surface area contributed by atoms with Crippen LogP contribution in [0, 0.1) is 0 Å². The lowest BCUT2D eigenvalue weighted by Gasteiger charge is -2.01. The number of aromatic carboxylic acids is 1. The Balaban J connectivity index is 1.48. The second-order valence-corrected chi connectivity index (χ2v) is 7.25. The van der Waals surface area contributed by atoms with Crippen LogP contribution in [0.2, 0.25) is 0 Å². The molecule has 2 amide bonds. The normalized spacial score (nSPS) is 16.4. The fraction of sp³-hybridized carbons (Fsp3) is 0. The minimum atomic E-state index is -1.10. The zero-order valence-electron chi connectivity index (χ0n) is 16.7. The van der Waals surface area contributed by atoms with Crippen LogP contribution in [0.15, 0.2) is 52.9 Å². The number of benzene rings is 2. The highest BCUT2D eigenvalue weighted by molar-refractivity contribution is 6.35. The molecule has 1 aromatic heterocycles. The summed E-state index contributed by atoms with van der Waals surface area (Å²) in [6, 6.07) is 12.4. The van der Waals surface area contributed by atoms with Crippen molar-refractivity contribution in [2.75, 3.05) is 10.6 Å². The Morgan fingerprint density at radius 1 is 0.848 bits per heavy atom. The number of fused-ring (bicyclic) bond motifs is 2. The summed E-state index contributed by atoms with van der Waals surface area (Å²) in [6.45, 7) is 0.304. The molecule has 0 radical (unpaired) electrons. The van der Waals surface area contributed by atoms with Crippen molar-refractivity contribution in [1.29, 1.82) is 0 Å². The molecule has 0 spiro atoms. The molecule has 2 aromatic carbocycles. The van der Waals surface area contributed by atoms with Crippen LogP contribution in [0.3, 0.4) is 0 Å². The molecule has 2 aliphatic heterocycles. The first kappa shape index (κ1) is 20.0. The molecule has 162 valence electrons. The van der Waals surface area contributed by atoms with E-state index >= 15 is 0 Å². The van der Waals surface area contributed by atoms with Crippen LogP contribution in [0.5, 0.6) is 5.75 Å². The summed E-state index contributed by atoms with van der Waals surface area (Å²) >= 11 is 0. The van der Waals surface area contributed by atoms with Gasteiger partial charge in [0.05, 0.1) is 16.7 Å². The number of furan rings is 1. The molecule has 0 atom stereocenters. The van der Waals surface area contributed by atoms with Gasteiger partial charge in [0, 0.05) is 22.5 Å². The van der Waals surface area contributed by atoms with Crippen LogP contribution in [0.4, 0.5) is 11.4 Å². The molecular formula is C24H14N2O7. The largest absolute Gasteiger partial charge is 0.478 e. The van der Waals surface area contributed by atoms with Gasteiger partial charge in [-0.15, -0.1) is 0 Å². The minimum Gasteiger partial charge on any atom is -0.478 e. The zero-order chi connectivity index (χ0) is 23.1. The van der Waals surface area contributed by atoms with E-state index in [-0.39, 0.29) is 23.0 Å². The van der Waals surface area contributed by atoms with Gasteiger partial charge in [-0.25, -0.2) is 4.79 Å². The van der Waals surface area contributed by atoms with Crippen molar-refractivity contribution < 1.29 is 33.4 Å². The Labute approximate surface area is 186 Å². The van der Waals surface area contributed by atoms with E-state index in [0.29, 0.717) is 51.8 Å². The summed E-state index contributed by atoms with van der Waals surface area (Å²) in [5.41, 5.74) is 2.75. The van der Waals surface area contributed by atoms with E-state index in [1.54, 1.807) is 36.4 Å². The van der Waals surface area contributed by atoms with Gasteiger partial charge < -0.3 is 24.9 Å². The number of rotatable bonds is 5. The summed E-state index contributed by atoms with van der Waals surface area (Å²) in [7, 11) is 0. The highest BCUT2D eigenvalue weighted by Crippen LogP contribution is 2.37. The van der Waals surface area contributed by atoms with Crippen molar-refractivity contribution in [3.8, 4) is 5.75 Å². The second kappa shape index (κ2) is 7.65. The van der Waals surface area contributed by atoms with E-state index in [4.69, 9.17) is 9.15 Å². The predicted octanol–water partition coefficient (Wildman–Crippen LogP) is 3.50. The van der Waals surface area contributed by atoms with Gasteiger partial charge >= 0.3 is 5.97 Å². The van der Waals surface area contributed by atoms with Gasteiger partial charge in [0.25, 0.3) is 18.3 Å². The molecule has 3 heterocycles.